The zero-order valence-electron chi connectivity index (χ0n) is 16.4. The molecule has 0 aliphatic rings. The van der Waals surface area contributed by atoms with Gasteiger partial charge in [-0.3, -0.25) is 9.20 Å². The van der Waals surface area contributed by atoms with Crippen LogP contribution in [0.1, 0.15) is 15.9 Å². The molecular weight excluding hydrogens is 404 g/mol. The van der Waals surface area contributed by atoms with E-state index >= 15 is 0 Å². The van der Waals surface area contributed by atoms with Gasteiger partial charge in [0.05, 0.1) is 19.2 Å². The van der Waals surface area contributed by atoms with E-state index < -0.39 is 0 Å². The zero-order valence-corrected chi connectivity index (χ0v) is 17.2. The number of rotatable bonds is 6. The van der Waals surface area contributed by atoms with Gasteiger partial charge in [0.15, 0.2) is 11.5 Å². The van der Waals surface area contributed by atoms with E-state index in [1.54, 1.807) is 55.1 Å². The number of hydrogen-bond acceptors (Lipinski definition) is 5. The van der Waals surface area contributed by atoms with Crippen molar-refractivity contribution in [3.05, 3.63) is 76.9 Å². The van der Waals surface area contributed by atoms with Crippen molar-refractivity contribution in [1.29, 1.82) is 0 Å². The molecule has 0 atom stereocenters. The fraction of sp³-hybridized carbons (Fsp3) is 0.136. The van der Waals surface area contributed by atoms with Crippen molar-refractivity contribution in [2.45, 2.75) is 6.54 Å². The van der Waals surface area contributed by atoms with Crippen LogP contribution in [0.5, 0.6) is 11.5 Å². The Hall–Kier alpha value is -3.58. The van der Waals surface area contributed by atoms with Crippen LogP contribution in [-0.2, 0) is 6.54 Å². The molecule has 0 bridgehead atoms. The van der Waals surface area contributed by atoms with Crippen LogP contribution in [-0.4, -0.2) is 34.7 Å². The summed E-state index contributed by atoms with van der Waals surface area (Å²) in [5, 5.41) is 11.9. The van der Waals surface area contributed by atoms with Crippen LogP contribution in [0.3, 0.4) is 0 Å². The molecule has 1 amide bonds. The lowest BCUT2D eigenvalue weighted by Gasteiger charge is -2.11. The number of carbonyl (C=O) groups excluding carboxylic acids is 1. The average Bonchev–Trinajstić information content (AvgIpc) is 3.20. The minimum absolute atomic E-state index is 0.232. The van der Waals surface area contributed by atoms with Crippen molar-refractivity contribution in [3.8, 4) is 22.9 Å². The summed E-state index contributed by atoms with van der Waals surface area (Å²) in [6.07, 6.45) is 1.76. The quantitative estimate of drug-likeness (QED) is 0.508. The van der Waals surface area contributed by atoms with E-state index in [0.717, 1.165) is 11.1 Å². The molecule has 4 rings (SSSR count). The summed E-state index contributed by atoms with van der Waals surface area (Å²) in [4.78, 5) is 12.7. The highest BCUT2D eigenvalue weighted by atomic mass is 35.5. The van der Waals surface area contributed by atoms with E-state index in [9.17, 15) is 4.79 Å². The molecule has 8 heteroatoms. The normalized spacial score (nSPS) is 10.8. The lowest BCUT2D eigenvalue weighted by atomic mass is 10.1. The van der Waals surface area contributed by atoms with Crippen LogP contribution in [0.15, 0.2) is 60.8 Å². The molecule has 1 N–H and O–H groups in total. The Morgan fingerprint density at radius 3 is 2.67 bits per heavy atom. The van der Waals surface area contributed by atoms with Crippen LogP contribution < -0.4 is 14.8 Å². The summed E-state index contributed by atoms with van der Waals surface area (Å²) < 4.78 is 12.4. The number of carbonyl (C=O) groups is 1. The van der Waals surface area contributed by atoms with E-state index in [-0.39, 0.29) is 5.91 Å². The van der Waals surface area contributed by atoms with E-state index in [1.165, 1.54) is 0 Å². The van der Waals surface area contributed by atoms with E-state index in [4.69, 9.17) is 21.1 Å². The molecule has 0 spiro atoms. The molecule has 0 unspecified atom stereocenters. The van der Waals surface area contributed by atoms with Crippen LogP contribution in [0.4, 0.5) is 0 Å². The second kappa shape index (κ2) is 8.42. The number of pyridine rings is 1. The Labute approximate surface area is 178 Å². The van der Waals surface area contributed by atoms with Gasteiger partial charge < -0.3 is 14.8 Å². The first-order valence-corrected chi connectivity index (χ1v) is 9.57. The van der Waals surface area contributed by atoms with Gasteiger partial charge in [0.25, 0.3) is 5.91 Å². The highest BCUT2D eigenvalue weighted by Gasteiger charge is 2.14. The Morgan fingerprint density at radius 2 is 1.90 bits per heavy atom. The largest absolute Gasteiger partial charge is 0.497 e. The maximum atomic E-state index is 12.7. The molecule has 2 heterocycles. The number of halogens is 1. The highest BCUT2D eigenvalue weighted by molar-refractivity contribution is 6.33. The second-order valence-electron chi connectivity index (χ2n) is 6.51. The van der Waals surface area contributed by atoms with Gasteiger partial charge in [-0.25, -0.2) is 0 Å². The number of nitrogens with zero attached hydrogens (tertiary/aromatic N) is 3. The number of fused-ring (bicyclic) bond motifs is 1. The minimum Gasteiger partial charge on any atom is -0.497 e. The summed E-state index contributed by atoms with van der Waals surface area (Å²) in [5.41, 5.74) is 2.61. The van der Waals surface area contributed by atoms with Crippen molar-refractivity contribution >= 4 is 23.2 Å². The number of ether oxygens (including phenoxy) is 2. The number of benzene rings is 2. The van der Waals surface area contributed by atoms with Gasteiger partial charge in [-0.1, -0.05) is 23.7 Å². The van der Waals surface area contributed by atoms with Gasteiger partial charge in [0.2, 0.25) is 0 Å². The molecule has 0 fully saturated rings. The molecule has 0 saturated carbocycles. The third-order valence-corrected chi connectivity index (χ3v) is 5.04. The first kappa shape index (κ1) is 19.7. The molecule has 2 aromatic carbocycles. The molecule has 152 valence electrons. The lowest BCUT2D eigenvalue weighted by Crippen LogP contribution is -2.23. The Morgan fingerprint density at radius 1 is 1.07 bits per heavy atom. The van der Waals surface area contributed by atoms with E-state index in [1.807, 2.05) is 24.3 Å². The van der Waals surface area contributed by atoms with Crippen LogP contribution >= 0.6 is 11.6 Å². The highest BCUT2D eigenvalue weighted by Crippen LogP contribution is 2.27. The van der Waals surface area contributed by atoms with Crippen molar-refractivity contribution in [2.75, 3.05) is 14.2 Å². The topological polar surface area (TPSA) is 77.8 Å². The first-order chi connectivity index (χ1) is 14.6. The number of aromatic nitrogens is 3. The van der Waals surface area contributed by atoms with Crippen LogP contribution in [0.25, 0.3) is 17.0 Å². The summed E-state index contributed by atoms with van der Waals surface area (Å²) in [7, 11) is 3.18. The summed E-state index contributed by atoms with van der Waals surface area (Å²) >= 11 is 6.28. The Bertz CT molecular complexity index is 1220. The molecule has 0 radical (unpaired) electrons. The van der Waals surface area contributed by atoms with Crippen molar-refractivity contribution in [1.82, 2.24) is 19.9 Å². The molecule has 7 nitrogen and oxygen atoms in total. The predicted molar refractivity (Wildman–Crippen MR) is 114 cm³/mol. The van der Waals surface area contributed by atoms with Gasteiger partial charge in [0, 0.05) is 29.4 Å². The lowest BCUT2D eigenvalue weighted by molar-refractivity contribution is 0.0950. The molecule has 2 aromatic heterocycles. The zero-order chi connectivity index (χ0) is 21.1. The molecule has 0 saturated heterocycles. The molecule has 0 aliphatic carbocycles. The fourth-order valence-electron chi connectivity index (χ4n) is 3.16. The van der Waals surface area contributed by atoms with Gasteiger partial charge >= 0.3 is 0 Å². The molecule has 0 aliphatic heterocycles. The monoisotopic (exact) mass is 422 g/mol. The number of methoxy groups -OCH3 is 2. The maximum Gasteiger partial charge on any atom is 0.251 e. The fourth-order valence-corrected chi connectivity index (χ4v) is 3.38. The maximum absolute atomic E-state index is 12.7. The second-order valence-corrected chi connectivity index (χ2v) is 6.91. The standard InChI is InChI=1S/C22H19ClN4O3/c1-29-16-7-8-19(30-2)15(11-16)13-24-22(28)14-9-10-27-20(12-14)25-26-21(27)17-5-3-4-6-18(17)23/h3-12H,13H2,1-2H3,(H,24,28). The first-order valence-electron chi connectivity index (χ1n) is 9.19. The Kier molecular flexibility index (Phi) is 5.54. The molecular formula is C22H19ClN4O3. The van der Waals surface area contributed by atoms with E-state index in [0.29, 0.717) is 40.1 Å². The van der Waals surface area contributed by atoms with Gasteiger partial charge in [-0.05, 0) is 42.5 Å². The van der Waals surface area contributed by atoms with Crippen molar-refractivity contribution in [3.63, 3.8) is 0 Å². The van der Waals surface area contributed by atoms with Gasteiger partial charge in [-0.15, -0.1) is 10.2 Å². The summed E-state index contributed by atoms with van der Waals surface area (Å²) in [6, 6.07) is 16.3. The van der Waals surface area contributed by atoms with Crippen LogP contribution in [0.2, 0.25) is 5.02 Å². The van der Waals surface area contributed by atoms with Gasteiger partial charge in [0.1, 0.15) is 11.5 Å². The predicted octanol–water partition coefficient (Wildman–Crippen LogP) is 4.00. The third-order valence-electron chi connectivity index (χ3n) is 4.71. The van der Waals surface area contributed by atoms with Crippen molar-refractivity contribution in [2.24, 2.45) is 0 Å². The van der Waals surface area contributed by atoms with Crippen LogP contribution in [0, 0.1) is 0 Å². The molecule has 4 aromatic rings. The number of amides is 1. The SMILES string of the molecule is COc1ccc(OC)c(CNC(=O)c2ccn3c(-c4ccccc4Cl)nnc3c2)c1. The number of nitrogens with one attached hydrogen (secondary N) is 1. The van der Waals surface area contributed by atoms with Crippen molar-refractivity contribution < 1.29 is 14.3 Å². The third kappa shape index (κ3) is 3.79. The minimum atomic E-state index is -0.232. The smallest absolute Gasteiger partial charge is 0.251 e. The Balaban J connectivity index is 1.56. The number of hydrogen-bond donors (Lipinski definition) is 1. The van der Waals surface area contributed by atoms with Gasteiger partial charge in [-0.2, -0.15) is 0 Å². The van der Waals surface area contributed by atoms with E-state index in [2.05, 4.69) is 15.5 Å². The summed E-state index contributed by atoms with van der Waals surface area (Å²) in [6.45, 7) is 0.294. The molecule has 30 heavy (non-hydrogen) atoms. The summed E-state index contributed by atoms with van der Waals surface area (Å²) in [5.74, 6) is 1.75. The average molecular weight is 423 g/mol.